The maximum atomic E-state index is 12.5. The fourth-order valence-electron chi connectivity index (χ4n) is 2.14. The molecule has 1 unspecified atom stereocenters. The van der Waals surface area contributed by atoms with E-state index in [9.17, 15) is 9.59 Å². The highest BCUT2D eigenvalue weighted by Gasteiger charge is 2.32. The van der Waals surface area contributed by atoms with Crippen LogP contribution in [0.4, 0.5) is 0 Å². The van der Waals surface area contributed by atoms with Crippen LogP contribution in [0.5, 0.6) is 0 Å². The van der Waals surface area contributed by atoms with Gasteiger partial charge in [0, 0.05) is 26.7 Å². The van der Waals surface area contributed by atoms with Gasteiger partial charge in [0.1, 0.15) is 6.04 Å². The highest BCUT2D eigenvalue weighted by molar-refractivity contribution is 6.33. The van der Waals surface area contributed by atoms with E-state index < -0.39 is 6.04 Å². The average Bonchev–Trinajstić information content (AvgIpc) is 2.46. The van der Waals surface area contributed by atoms with Crippen LogP contribution in [0.2, 0.25) is 5.02 Å². The number of amides is 2. The van der Waals surface area contributed by atoms with E-state index in [0.717, 1.165) is 0 Å². The number of hydrogen-bond acceptors (Lipinski definition) is 3. The van der Waals surface area contributed by atoms with Crippen molar-refractivity contribution in [2.75, 3.05) is 26.7 Å². The number of nitrogens with one attached hydrogen (secondary N) is 2. The molecule has 0 radical (unpaired) electrons. The van der Waals surface area contributed by atoms with Gasteiger partial charge in [-0.25, -0.2) is 0 Å². The highest BCUT2D eigenvalue weighted by atomic mass is 35.5. The summed E-state index contributed by atoms with van der Waals surface area (Å²) in [5.74, 6) is -0.381. The molecule has 0 aromatic heterocycles. The minimum atomic E-state index is -0.498. The van der Waals surface area contributed by atoms with Gasteiger partial charge in [-0.1, -0.05) is 23.7 Å². The molecule has 6 heteroatoms. The van der Waals surface area contributed by atoms with E-state index in [1.807, 2.05) is 0 Å². The average molecular weight is 282 g/mol. The minimum Gasteiger partial charge on any atom is -0.357 e. The second kappa shape index (κ2) is 6.04. The fourth-order valence-corrected chi connectivity index (χ4v) is 2.35. The molecule has 2 N–H and O–H groups in total. The SMILES string of the molecule is CNC(=O)C1CNCCN1C(=O)c1ccccc1Cl. The zero-order chi connectivity index (χ0) is 13.8. The van der Waals surface area contributed by atoms with Gasteiger partial charge in [0.05, 0.1) is 10.6 Å². The normalized spacial score (nSPS) is 19.1. The van der Waals surface area contributed by atoms with Crippen LogP contribution >= 0.6 is 11.6 Å². The molecule has 5 nitrogen and oxygen atoms in total. The lowest BCUT2D eigenvalue weighted by atomic mass is 10.1. The Bertz CT molecular complexity index is 493. The molecule has 0 saturated carbocycles. The summed E-state index contributed by atoms with van der Waals surface area (Å²) in [5.41, 5.74) is 0.431. The first-order valence-electron chi connectivity index (χ1n) is 6.13. The molecule has 1 atom stereocenters. The number of nitrogens with zero attached hydrogens (tertiary/aromatic N) is 1. The molecule has 2 amide bonds. The Hall–Kier alpha value is -1.59. The summed E-state index contributed by atoms with van der Waals surface area (Å²) in [5, 5.41) is 6.10. The summed E-state index contributed by atoms with van der Waals surface area (Å²) in [6, 6.07) is 6.38. The van der Waals surface area contributed by atoms with Gasteiger partial charge in [-0.2, -0.15) is 0 Å². The van der Waals surface area contributed by atoms with E-state index >= 15 is 0 Å². The summed E-state index contributed by atoms with van der Waals surface area (Å²) in [6.45, 7) is 1.61. The van der Waals surface area contributed by atoms with Crippen molar-refractivity contribution >= 4 is 23.4 Å². The van der Waals surface area contributed by atoms with Crippen LogP contribution in [0, 0.1) is 0 Å². The largest absolute Gasteiger partial charge is 0.357 e. The summed E-state index contributed by atoms with van der Waals surface area (Å²) in [6.07, 6.45) is 0. The number of halogens is 1. The second-order valence-electron chi connectivity index (χ2n) is 4.31. The van der Waals surface area contributed by atoms with Crippen molar-refractivity contribution < 1.29 is 9.59 Å². The van der Waals surface area contributed by atoms with E-state index in [-0.39, 0.29) is 11.8 Å². The van der Waals surface area contributed by atoms with Crippen molar-refractivity contribution in [1.82, 2.24) is 15.5 Å². The molecule has 0 bridgehead atoms. The van der Waals surface area contributed by atoms with E-state index in [0.29, 0.717) is 30.2 Å². The molecule has 0 spiro atoms. The Labute approximate surface area is 116 Å². The lowest BCUT2D eigenvalue weighted by molar-refractivity contribution is -0.125. The molecule has 1 aromatic rings. The molecule has 102 valence electrons. The summed E-state index contributed by atoms with van der Waals surface area (Å²) >= 11 is 6.04. The van der Waals surface area contributed by atoms with Crippen LogP contribution in [-0.2, 0) is 4.79 Å². The first-order chi connectivity index (χ1) is 9.15. The van der Waals surface area contributed by atoms with Crippen molar-refractivity contribution in [1.29, 1.82) is 0 Å². The molecular formula is C13H16ClN3O2. The summed E-state index contributed by atoms with van der Waals surface area (Å²) < 4.78 is 0. The lowest BCUT2D eigenvalue weighted by Crippen LogP contribution is -2.59. The Morgan fingerprint density at radius 2 is 2.16 bits per heavy atom. The van der Waals surface area contributed by atoms with E-state index in [2.05, 4.69) is 10.6 Å². The standard InChI is InChI=1S/C13H16ClN3O2/c1-15-12(18)11-8-16-6-7-17(11)13(19)9-4-2-3-5-10(9)14/h2-5,11,16H,6-8H2,1H3,(H,15,18). The number of hydrogen-bond donors (Lipinski definition) is 2. The van der Waals surface area contributed by atoms with Crippen LogP contribution < -0.4 is 10.6 Å². The predicted molar refractivity (Wildman–Crippen MR) is 73.2 cm³/mol. The van der Waals surface area contributed by atoms with Crippen LogP contribution in [0.1, 0.15) is 10.4 Å². The third-order valence-electron chi connectivity index (χ3n) is 3.16. The fraction of sp³-hybridized carbons (Fsp3) is 0.385. The van der Waals surface area contributed by atoms with Crippen molar-refractivity contribution in [2.45, 2.75) is 6.04 Å². The van der Waals surface area contributed by atoms with Gasteiger partial charge in [-0.05, 0) is 12.1 Å². The second-order valence-corrected chi connectivity index (χ2v) is 4.72. The van der Waals surface area contributed by atoms with Gasteiger partial charge in [0.2, 0.25) is 5.91 Å². The smallest absolute Gasteiger partial charge is 0.256 e. The van der Waals surface area contributed by atoms with Crippen LogP contribution in [0.25, 0.3) is 0 Å². The topological polar surface area (TPSA) is 61.4 Å². The van der Waals surface area contributed by atoms with Crippen LogP contribution in [0.15, 0.2) is 24.3 Å². The first kappa shape index (κ1) is 13.8. The molecule has 0 aliphatic carbocycles. The van der Waals surface area contributed by atoms with Crippen LogP contribution in [0.3, 0.4) is 0 Å². The molecular weight excluding hydrogens is 266 g/mol. The van der Waals surface area contributed by atoms with E-state index in [1.54, 1.807) is 36.2 Å². The number of likely N-dealkylation sites (N-methyl/N-ethyl adjacent to an activating group) is 1. The quantitative estimate of drug-likeness (QED) is 0.830. The van der Waals surface area contributed by atoms with Gasteiger partial charge >= 0.3 is 0 Å². The molecule has 1 heterocycles. The lowest BCUT2D eigenvalue weighted by Gasteiger charge is -2.35. The third kappa shape index (κ3) is 2.88. The van der Waals surface area contributed by atoms with Crippen molar-refractivity contribution in [2.24, 2.45) is 0 Å². The van der Waals surface area contributed by atoms with Gasteiger partial charge in [0.15, 0.2) is 0 Å². The Morgan fingerprint density at radius 3 is 2.84 bits per heavy atom. The Balaban J connectivity index is 2.25. The zero-order valence-corrected chi connectivity index (χ0v) is 11.4. The maximum Gasteiger partial charge on any atom is 0.256 e. The summed E-state index contributed by atoms with van der Waals surface area (Å²) in [7, 11) is 1.56. The van der Waals surface area contributed by atoms with Crippen LogP contribution in [-0.4, -0.2) is 49.4 Å². The maximum absolute atomic E-state index is 12.5. The molecule has 1 saturated heterocycles. The predicted octanol–water partition coefficient (Wildman–Crippen LogP) is 0.500. The highest BCUT2D eigenvalue weighted by Crippen LogP contribution is 2.19. The monoisotopic (exact) mass is 281 g/mol. The van der Waals surface area contributed by atoms with Crippen molar-refractivity contribution in [3.05, 3.63) is 34.9 Å². The third-order valence-corrected chi connectivity index (χ3v) is 3.49. The van der Waals surface area contributed by atoms with E-state index in [4.69, 9.17) is 11.6 Å². The number of benzene rings is 1. The molecule has 19 heavy (non-hydrogen) atoms. The number of rotatable bonds is 2. The number of carbonyl (C=O) groups excluding carboxylic acids is 2. The molecule has 1 aliphatic rings. The van der Waals surface area contributed by atoms with Gasteiger partial charge < -0.3 is 15.5 Å². The minimum absolute atomic E-state index is 0.174. The van der Waals surface area contributed by atoms with Gasteiger partial charge in [-0.15, -0.1) is 0 Å². The molecule has 1 aromatic carbocycles. The Kier molecular flexibility index (Phi) is 4.39. The number of piperazine rings is 1. The zero-order valence-electron chi connectivity index (χ0n) is 10.6. The molecule has 1 aliphatic heterocycles. The molecule has 1 fully saturated rings. The van der Waals surface area contributed by atoms with Crippen molar-refractivity contribution in [3.8, 4) is 0 Å². The Morgan fingerprint density at radius 1 is 1.42 bits per heavy atom. The first-order valence-corrected chi connectivity index (χ1v) is 6.50. The molecule has 2 rings (SSSR count). The number of carbonyl (C=O) groups is 2. The van der Waals surface area contributed by atoms with E-state index in [1.165, 1.54) is 0 Å². The van der Waals surface area contributed by atoms with Gasteiger partial charge in [-0.3, -0.25) is 9.59 Å². The van der Waals surface area contributed by atoms with Gasteiger partial charge in [0.25, 0.3) is 5.91 Å². The summed E-state index contributed by atoms with van der Waals surface area (Å²) in [4.78, 5) is 25.9. The van der Waals surface area contributed by atoms with Crippen molar-refractivity contribution in [3.63, 3.8) is 0 Å².